The number of benzene rings is 2. The first kappa shape index (κ1) is 60.7. The Bertz CT molecular complexity index is 1970. The van der Waals surface area contributed by atoms with Crippen molar-refractivity contribution in [3.63, 3.8) is 0 Å². The minimum absolute atomic E-state index is 0.00324. The summed E-state index contributed by atoms with van der Waals surface area (Å²) in [7, 11) is 0. The molecule has 1 N–H and O–H groups in total. The van der Waals surface area contributed by atoms with Gasteiger partial charge < -0.3 is 29.0 Å². The summed E-state index contributed by atoms with van der Waals surface area (Å²) in [6.07, 6.45) is 2.41. The Morgan fingerprint density at radius 2 is 0.901 bits per heavy atom. The van der Waals surface area contributed by atoms with E-state index in [2.05, 4.69) is 52.6 Å². The molecule has 1 fully saturated rings. The molecule has 71 heavy (non-hydrogen) atoms. The van der Waals surface area contributed by atoms with Gasteiger partial charge in [-0.1, -0.05) is 52.0 Å². The first-order valence-electron chi connectivity index (χ1n) is 25.9. The van der Waals surface area contributed by atoms with E-state index in [1.165, 1.54) is 0 Å². The zero-order valence-electron chi connectivity index (χ0n) is 46.6. The number of ether oxygens (including phenoxy) is 5. The van der Waals surface area contributed by atoms with Crippen molar-refractivity contribution >= 4 is 29.8 Å². The van der Waals surface area contributed by atoms with Gasteiger partial charge in [0.05, 0.1) is 26.2 Å². The van der Waals surface area contributed by atoms with Gasteiger partial charge in [0.25, 0.3) is 5.91 Å². The number of carbonyl (C=O) groups excluding carboxylic acids is 5. The van der Waals surface area contributed by atoms with Gasteiger partial charge in [0.2, 0.25) is 0 Å². The third-order valence-corrected chi connectivity index (χ3v) is 12.1. The van der Waals surface area contributed by atoms with Crippen molar-refractivity contribution in [3.05, 3.63) is 65.2 Å². The van der Waals surface area contributed by atoms with Gasteiger partial charge in [-0.3, -0.25) is 38.8 Å². The molecule has 1 amide bonds. The highest BCUT2D eigenvalue weighted by Crippen LogP contribution is 2.32. The lowest BCUT2D eigenvalue weighted by Crippen LogP contribution is -2.60. The third kappa shape index (κ3) is 21.2. The van der Waals surface area contributed by atoms with Gasteiger partial charge in [0.1, 0.15) is 34.2 Å². The second kappa shape index (κ2) is 26.9. The molecule has 0 spiro atoms. The SMILES string of the molecule is CCOc1ccc(CNC(=O)c2ccc(C(C(=O)OC(C)(C)C)N3C[C@@H](CC)N(CC(=O)OC(C)(C)C)C[C@@H](CC)N(CC(=O)OC(C)(C)C)C[C@@H](CC)N(CC(=O)OC(C)(C)C)C[C@H]3CC)cc2)cc1. The first-order chi connectivity index (χ1) is 33.0. The Morgan fingerprint density at radius 1 is 0.521 bits per heavy atom. The van der Waals surface area contributed by atoms with Gasteiger partial charge in [0.15, 0.2) is 0 Å². The van der Waals surface area contributed by atoms with Crippen molar-refractivity contribution in [2.75, 3.05) is 52.4 Å². The van der Waals surface area contributed by atoms with Crippen LogP contribution in [0.2, 0.25) is 0 Å². The third-order valence-electron chi connectivity index (χ3n) is 12.1. The van der Waals surface area contributed by atoms with Crippen LogP contribution in [-0.4, -0.2) is 148 Å². The fourth-order valence-electron chi connectivity index (χ4n) is 8.94. The van der Waals surface area contributed by atoms with E-state index in [-0.39, 0.29) is 67.6 Å². The van der Waals surface area contributed by atoms with Crippen molar-refractivity contribution < 1.29 is 47.7 Å². The fraction of sp³-hybridized carbons (Fsp3) is 0.696. The molecule has 2 aromatic rings. The normalized spacial score (nSPS) is 20.2. The maximum atomic E-state index is 15.1. The van der Waals surface area contributed by atoms with Crippen molar-refractivity contribution in [2.24, 2.45) is 0 Å². The van der Waals surface area contributed by atoms with E-state index < -0.39 is 34.4 Å². The molecule has 1 aliphatic rings. The van der Waals surface area contributed by atoms with E-state index in [1.807, 2.05) is 126 Å². The summed E-state index contributed by atoms with van der Waals surface area (Å²) in [5.74, 6) is -1.11. The Hall–Kier alpha value is -4.57. The number of rotatable bonds is 18. The molecule has 0 radical (unpaired) electrons. The first-order valence-corrected chi connectivity index (χ1v) is 25.9. The van der Waals surface area contributed by atoms with Crippen LogP contribution in [0.1, 0.15) is 171 Å². The van der Waals surface area contributed by atoms with Gasteiger partial charge in [0, 0.05) is 62.5 Å². The smallest absolute Gasteiger partial charge is 0.328 e. The van der Waals surface area contributed by atoms with Crippen LogP contribution in [-0.2, 0) is 44.7 Å². The topological polar surface area (TPSA) is 156 Å². The van der Waals surface area contributed by atoms with E-state index in [0.717, 1.165) is 11.3 Å². The summed E-state index contributed by atoms with van der Waals surface area (Å²) in [6, 6.07) is 12.6. The number of carbonyl (C=O) groups is 5. The maximum Gasteiger partial charge on any atom is 0.328 e. The summed E-state index contributed by atoms with van der Waals surface area (Å²) >= 11 is 0. The zero-order valence-corrected chi connectivity index (χ0v) is 46.6. The van der Waals surface area contributed by atoms with Crippen LogP contribution in [0.3, 0.4) is 0 Å². The second-order valence-corrected chi connectivity index (χ2v) is 22.8. The highest BCUT2D eigenvalue weighted by atomic mass is 16.6. The number of hydrogen-bond acceptors (Lipinski definition) is 14. The van der Waals surface area contributed by atoms with Crippen LogP contribution in [0, 0.1) is 0 Å². The molecule has 0 saturated carbocycles. The molecule has 15 nitrogen and oxygen atoms in total. The zero-order chi connectivity index (χ0) is 53.5. The molecular formula is C56H91N5O10. The fourth-order valence-corrected chi connectivity index (χ4v) is 8.94. The minimum Gasteiger partial charge on any atom is -0.494 e. The summed E-state index contributed by atoms with van der Waals surface area (Å²) in [4.78, 5) is 79.0. The van der Waals surface area contributed by atoms with Gasteiger partial charge in [-0.15, -0.1) is 0 Å². The Labute approximate surface area is 427 Å². The van der Waals surface area contributed by atoms with Crippen LogP contribution in [0.4, 0.5) is 0 Å². The Balaban J connectivity index is 2.30. The largest absolute Gasteiger partial charge is 0.494 e. The number of nitrogens with one attached hydrogen (secondary N) is 1. The summed E-state index contributed by atoms with van der Waals surface area (Å²) in [6.45, 7) is 34.6. The predicted octanol–water partition coefficient (Wildman–Crippen LogP) is 8.76. The van der Waals surface area contributed by atoms with E-state index in [0.29, 0.717) is 76.1 Å². The monoisotopic (exact) mass is 994 g/mol. The number of amides is 1. The van der Waals surface area contributed by atoms with Crippen molar-refractivity contribution in [1.82, 2.24) is 24.9 Å². The lowest BCUT2D eigenvalue weighted by molar-refractivity contribution is -0.166. The lowest BCUT2D eigenvalue weighted by Gasteiger charge is -2.47. The predicted molar refractivity (Wildman–Crippen MR) is 279 cm³/mol. The van der Waals surface area contributed by atoms with Gasteiger partial charge in [-0.2, -0.15) is 0 Å². The minimum atomic E-state index is -0.963. The molecule has 1 saturated heterocycles. The van der Waals surface area contributed by atoms with E-state index in [4.69, 9.17) is 23.7 Å². The van der Waals surface area contributed by atoms with Crippen molar-refractivity contribution in [2.45, 2.75) is 203 Å². The van der Waals surface area contributed by atoms with E-state index in [1.54, 1.807) is 12.1 Å². The molecule has 1 unspecified atom stereocenters. The van der Waals surface area contributed by atoms with Crippen LogP contribution in [0.15, 0.2) is 48.5 Å². The molecule has 1 heterocycles. The van der Waals surface area contributed by atoms with Crippen LogP contribution in [0.25, 0.3) is 0 Å². The summed E-state index contributed by atoms with van der Waals surface area (Å²) in [5, 5.41) is 3.01. The van der Waals surface area contributed by atoms with Gasteiger partial charge >= 0.3 is 23.9 Å². The molecule has 400 valence electrons. The quantitative estimate of drug-likeness (QED) is 0.112. The second-order valence-electron chi connectivity index (χ2n) is 22.8. The number of esters is 4. The molecule has 3 rings (SSSR count). The Morgan fingerprint density at radius 3 is 1.27 bits per heavy atom. The molecule has 0 bridgehead atoms. The number of nitrogens with zero attached hydrogens (tertiary/aromatic N) is 4. The molecule has 2 aromatic carbocycles. The molecular weight excluding hydrogens is 903 g/mol. The summed E-state index contributed by atoms with van der Waals surface area (Å²) < 4.78 is 29.7. The summed E-state index contributed by atoms with van der Waals surface area (Å²) in [5.41, 5.74) is -1.05. The highest BCUT2D eigenvalue weighted by Gasteiger charge is 2.41. The lowest BCUT2D eigenvalue weighted by atomic mass is 9.97. The highest BCUT2D eigenvalue weighted by molar-refractivity contribution is 5.94. The molecule has 1 aliphatic heterocycles. The molecule has 15 heteroatoms. The molecule has 0 aliphatic carbocycles. The van der Waals surface area contributed by atoms with Crippen LogP contribution < -0.4 is 10.1 Å². The molecule has 0 aromatic heterocycles. The maximum absolute atomic E-state index is 15.1. The van der Waals surface area contributed by atoms with E-state index in [9.17, 15) is 19.2 Å². The molecule has 5 atom stereocenters. The van der Waals surface area contributed by atoms with Crippen LogP contribution >= 0.6 is 0 Å². The average molecular weight is 994 g/mol. The van der Waals surface area contributed by atoms with E-state index >= 15 is 4.79 Å². The average Bonchev–Trinajstić information content (AvgIpc) is 3.24. The van der Waals surface area contributed by atoms with Crippen molar-refractivity contribution in [1.29, 1.82) is 0 Å². The number of hydrogen-bond donors (Lipinski definition) is 1. The standard InChI is InChI=1S/C56H91N5O10/c1-18-42-33-59(37-48(63)69-54(9,10)11)44(20-3)35-61(45(21-4)34-60(38-49(64)70-55(12,13)14)43(19-2)32-58(42)36-47(62)68-53(6,7)8)50(52(66)71-56(15,16)17)40-25-27-41(28-26-40)51(65)57-31-39-23-29-46(30-24-39)67-22-5/h23-30,42-45,50H,18-22,31-38H2,1-17H3,(H,57,65)/t42-,43-,44-,45-,50?/m1/s1. The van der Waals surface area contributed by atoms with Gasteiger partial charge in [-0.25, -0.2) is 4.79 Å². The van der Waals surface area contributed by atoms with Crippen LogP contribution in [0.5, 0.6) is 5.75 Å². The Kier molecular flexibility index (Phi) is 23.0. The van der Waals surface area contributed by atoms with Crippen molar-refractivity contribution in [3.8, 4) is 5.75 Å². The van der Waals surface area contributed by atoms with Gasteiger partial charge in [-0.05, 0) is 151 Å².